The molecule has 20 heavy (non-hydrogen) atoms. The van der Waals surface area contributed by atoms with Gasteiger partial charge in [0.1, 0.15) is 0 Å². The Morgan fingerprint density at radius 1 is 1.10 bits per heavy atom. The van der Waals surface area contributed by atoms with Crippen LogP contribution in [0.15, 0.2) is 24.3 Å². The molecule has 0 fully saturated rings. The first-order valence-electron chi connectivity index (χ1n) is 6.95. The van der Waals surface area contributed by atoms with Crippen molar-refractivity contribution < 1.29 is 14.3 Å². The fourth-order valence-corrected chi connectivity index (χ4v) is 1.63. The lowest BCUT2D eigenvalue weighted by Crippen LogP contribution is -2.22. The van der Waals surface area contributed by atoms with Crippen LogP contribution in [0.2, 0.25) is 0 Å². The van der Waals surface area contributed by atoms with E-state index in [0.29, 0.717) is 30.8 Å². The number of ether oxygens (including phenoxy) is 1. The number of anilines is 1. The van der Waals surface area contributed by atoms with E-state index in [9.17, 15) is 9.59 Å². The van der Waals surface area contributed by atoms with Crippen molar-refractivity contribution in [2.45, 2.75) is 26.7 Å². The number of esters is 1. The van der Waals surface area contributed by atoms with Crippen molar-refractivity contribution in [2.75, 3.05) is 25.0 Å². The average molecular weight is 278 g/mol. The van der Waals surface area contributed by atoms with Gasteiger partial charge in [-0.05, 0) is 44.2 Å². The zero-order valence-corrected chi connectivity index (χ0v) is 12.1. The van der Waals surface area contributed by atoms with Crippen LogP contribution in [0.3, 0.4) is 0 Å². The molecule has 0 saturated heterocycles. The third-order valence-corrected chi connectivity index (χ3v) is 2.64. The Hall–Kier alpha value is -1.88. The minimum Gasteiger partial charge on any atom is -0.462 e. The van der Waals surface area contributed by atoms with Gasteiger partial charge >= 0.3 is 5.97 Å². The number of carbonyl (C=O) groups is 2. The summed E-state index contributed by atoms with van der Waals surface area (Å²) in [5.41, 5.74) is 1.16. The first-order chi connectivity index (χ1) is 9.67. The van der Waals surface area contributed by atoms with Crippen molar-refractivity contribution >= 4 is 17.6 Å². The van der Waals surface area contributed by atoms with Crippen LogP contribution >= 0.6 is 0 Å². The fourth-order valence-electron chi connectivity index (χ4n) is 1.63. The summed E-state index contributed by atoms with van der Waals surface area (Å²) in [6.07, 6.45) is 1.48. The number of amides is 1. The van der Waals surface area contributed by atoms with Gasteiger partial charge in [0.05, 0.1) is 12.2 Å². The summed E-state index contributed by atoms with van der Waals surface area (Å²) in [4.78, 5) is 23.1. The van der Waals surface area contributed by atoms with Gasteiger partial charge in [0, 0.05) is 18.7 Å². The second-order valence-electron chi connectivity index (χ2n) is 4.35. The standard InChI is InChI=1S/C15H22N2O3/c1-3-10-16-11-9-14(18)17-13-7-5-12(6-8-13)15(19)20-4-2/h5-8,16H,3-4,9-11H2,1-2H3,(H,17,18). The highest BCUT2D eigenvalue weighted by Crippen LogP contribution is 2.10. The molecular formula is C15H22N2O3. The van der Waals surface area contributed by atoms with Crippen molar-refractivity contribution in [1.82, 2.24) is 5.32 Å². The Kier molecular flexibility index (Phi) is 7.35. The van der Waals surface area contributed by atoms with Crippen molar-refractivity contribution in [2.24, 2.45) is 0 Å². The lowest BCUT2D eigenvalue weighted by Gasteiger charge is -2.07. The molecule has 0 aliphatic rings. The van der Waals surface area contributed by atoms with E-state index in [-0.39, 0.29) is 11.9 Å². The number of carbonyl (C=O) groups excluding carboxylic acids is 2. The minimum atomic E-state index is -0.353. The molecule has 1 aromatic rings. The normalized spacial score (nSPS) is 10.1. The molecular weight excluding hydrogens is 256 g/mol. The summed E-state index contributed by atoms with van der Waals surface area (Å²) in [6.45, 7) is 5.78. The molecule has 110 valence electrons. The molecule has 1 aromatic carbocycles. The highest BCUT2D eigenvalue weighted by atomic mass is 16.5. The number of hydrogen-bond acceptors (Lipinski definition) is 4. The van der Waals surface area contributed by atoms with Crippen LogP contribution < -0.4 is 10.6 Å². The molecule has 1 amide bonds. The van der Waals surface area contributed by atoms with E-state index in [1.165, 1.54) is 0 Å². The molecule has 0 unspecified atom stereocenters. The Labute approximate surface area is 119 Å². The molecule has 0 bridgehead atoms. The number of benzene rings is 1. The van der Waals surface area contributed by atoms with E-state index < -0.39 is 0 Å². The Morgan fingerprint density at radius 2 is 1.80 bits per heavy atom. The lowest BCUT2D eigenvalue weighted by atomic mass is 10.2. The summed E-state index contributed by atoms with van der Waals surface area (Å²) in [6, 6.07) is 6.68. The van der Waals surface area contributed by atoms with Gasteiger partial charge in [0.2, 0.25) is 5.91 Å². The molecule has 5 nitrogen and oxygen atoms in total. The smallest absolute Gasteiger partial charge is 0.338 e. The zero-order valence-electron chi connectivity index (χ0n) is 12.1. The predicted octanol–water partition coefficient (Wildman–Crippen LogP) is 2.19. The average Bonchev–Trinajstić information content (AvgIpc) is 2.45. The van der Waals surface area contributed by atoms with Gasteiger partial charge in [0.25, 0.3) is 0 Å². The third kappa shape index (κ3) is 5.84. The SMILES string of the molecule is CCCNCCC(=O)Nc1ccc(C(=O)OCC)cc1. The second kappa shape index (κ2) is 9.09. The molecule has 0 atom stereocenters. The Bertz CT molecular complexity index is 429. The molecule has 0 aromatic heterocycles. The molecule has 0 heterocycles. The molecule has 2 N–H and O–H groups in total. The number of hydrogen-bond donors (Lipinski definition) is 2. The summed E-state index contributed by atoms with van der Waals surface area (Å²) in [5.74, 6) is -0.397. The Morgan fingerprint density at radius 3 is 2.40 bits per heavy atom. The van der Waals surface area contributed by atoms with Gasteiger partial charge in [-0.3, -0.25) is 4.79 Å². The summed E-state index contributed by atoms with van der Waals surface area (Å²) >= 11 is 0. The summed E-state index contributed by atoms with van der Waals surface area (Å²) < 4.78 is 4.89. The zero-order chi connectivity index (χ0) is 14.8. The summed E-state index contributed by atoms with van der Waals surface area (Å²) in [5, 5.41) is 5.95. The molecule has 1 rings (SSSR count). The molecule has 0 aliphatic heterocycles. The van der Waals surface area contributed by atoms with E-state index in [2.05, 4.69) is 17.6 Å². The van der Waals surface area contributed by atoms with Crippen LogP contribution in [0.25, 0.3) is 0 Å². The number of rotatable bonds is 8. The second-order valence-corrected chi connectivity index (χ2v) is 4.35. The minimum absolute atomic E-state index is 0.0440. The van der Waals surface area contributed by atoms with E-state index >= 15 is 0 Å². The van der Waals surface area contributed by atoms with Crippen LogP contribution in [-0.2, 0) is 9.53 Å². The molecule has 0 aliphatic carbocycles. The largest absolute Gasteiger partial charge is 0.462 e. The summed E-state index contributed by atoms with van der Waals surface area (Å²) in [7, 11) is 0. The highest BCUT2D eigenvalue weighted by Gasteiger charge is 2.06. The quantitative estimate of drug-likeness (QED) is 0.565. The van der Waals surface area contributed by atoms with Gasteiger partial charge in [-0.25, -0.2) is 4.79 Å². The van der Waals surface area contributed by atoms with E-state index in [1.54, 1.807) is 31.2 Å². The predicted molar refractivity (Wildman–Crippen MR) is 78.8 cm³/mol. The van der Waals surface area contributed by atoms with Gasteiger partial charge in [-0.15, -0.1) is 0 Å². The maximum absolute atomic E-state index is 11.7. The monoisotopic (exact) mass is 278 g/mol. The number of nitrogens with one attached hydrogen (secondary N) is 2. The van der Waals surface area contributed by atoms with E-state index in [4.69, 9.17) is 4.74 Å². The van der Waals surface area contributed by atoms with Crippen molar-refractivity contribution in [3.8, 4) is 0 Å². The van der Waals surface area contributed by atoms with Gasteiger partial charge in [-0.2, -0.15) is 0 Å². The molecule has 0 saturated carbocycles. The first-order valence-corrected chi connectivity index (χ1v) is 6.95. The van der Waals surface area contributed by atoms with E-state index in [1.807, 2.05) is 0 Å². The van der Waals surface area contributed by atoms with Crippen LogP contribution in [0.1, 0.15) is 37.0 Å². The van der Waals surface area contributed by atoms with Gasteiger partial charge < -0.3 is 15.4 Å². The Balaban J connectivity index is 2.41. The molecule has 0 radical (unpaired) electrons. The van der Waals surface area contributed by atoms with Gasteiger partial charge in [0.15, 0.2) is 0 Å². The maximum atomic E-state index is 11.7. The van der Waals surface area contributed by atoms with Crippen LogP contribution in [0.4, 0.5) is 5.69 Å². The maximum Gasteiger partial charge on any atom is 0.338 e. The van der Waals surface area contributed by atoms with Crippen molar-refractivity contribution in [3.05, 3.63) is 29.8 Å². The van der Waals surface area contributed by atoms with Crippen molar-refractivity contribution in [3.63, 3.8) is 0 Å². The van der Waals surface area contributed by atoms with E-state index in [0.717, 1.165) is 13.0 Å². The molecule has 5 heteroatoms. The fraction of sp³-hybridized carbons (Fsp3) is 0.467. The van der Waals surface area contributed by atoms with Crippen LogP contribution in [-0.4, -0.2) is 31.6 Å². The first kappa shape index (κ1) is 16.2. The topological polar surface area (TPSA) is 67.4 Å². The lowest BCUT2D eigenvalue weighted by molar-refractivity contribution is -0.116. The van der Waals surface area contributed by atoms with Gasteiger partial charge in [-0.1, -0.05) is 6.92 Å². The van der Waals surface area contributed by atoms with Crippen LogP contribution in [0, 0.1) is 0 Å². The molecule has 0 spiro atoms. The highest BCUT2D eigenvalue weighted by molar-refractivity contribution is 5.93. The van der Waals surface area contributed by atoms with Crippen LogP contribution in [0.5, 0.6) is 0 Å². The third-order valence-electron chi connectivity index (χ3n) is 2.64. The van der Waals surface area contributed by atoms with Crippen molar-refractivity contribution in [1.29, 1.82) is 0 Å².